The van der Waals surface area contributed by atoms with E-state index in [0.29, 0.717) is 24.3 Å². The Bertz CT molecular complexity index is 1320. The molecule has 4 heterocycles. The van der Waals surface area contributed by atoms with E-state index >= 15 is 0 Å². The van der Waals surface area contributed by atoms with Crippen molar-refractivity contribution in [3.8, 4) is 0 Å². The summed E-state index contributed by atoms with van der Waals surface area (Å²) in [5.74, 6) is 1.49. The van der Waals surface area contributed by atoms with Gasteiger partial charge in [-0.25, -0.2) is 4.98 Å². The lowest BCUT2D eigenvalue weighted by molar-refractivity contribution is -0.111. The average Bonchev–Trinajstić information content (AvgIpc) is 3.36. The summed E-state index contributed by atoms with van der Waals surface area (Å²) in [5.41, 5.74) is 9.45. The molecule has 2 aromatic heterocycles. The van der Waals surface area contributed by atoms with E-state index in [1.807, 2.05) is 15.6 Å². The number of rotatable bonds is 7. The van der Waals surface area contributed by atoms with Gasteiger partial charge in [-0.2, -0.15) is 9.61 Å². The minimum Gasteiger partial charge on any atom is -0.365 e. The van der Waals surface area contributed by atoms with Crippen LogP contribution in [0.4, 0.5) is 17.3 Å². The first kappa shape index (κ1) is 25.7. The van der Waals surface area contributed by atoms with Crippen molar-refractivity contribution in [3.63, 3.8) is 0 Å². The molecule has 1 aromatic carbocycles. The number of hydrogen-bond acceptors (Lipinski definition) is 7. The second-order valence-electron chi connectivity index (χ2n) is 10.1. The smallest absolute Gasteiger partial charge is 0.253 e. The Kier molecular flexibility index (Phi) is 7.59. The summed E-state index contributed by atoms with van der Waals surface area (Å²) in [5, 5.41) is 11.0. The van der Waals surface area contributed by atoms with Crippen molar-refractivity contribution in [3.05, 3.63) is 60.3 Å². The highest BCUT2D eigenvalue weighted by Gasteiger charge is 2.26. The molecular weight excluding hydrogens is 480 g/mol. The second-order valence-corrected chi connectivity index (χ2v) is 10.1. The topological polar surface area (TPSA) is 121 Å². The van der Waals surface area contributed by atoms with Crippen LogP contribution in [0, 0.1) is 0 Å². The van der Waals surface area contributed by atoms with E-state index in [9.17, 15) is 9.59 Å². The zero-order valence-corrected chi connectivity index (χ0v) is 21.9. The number of carbonyl (C=O) groups is 2. The van der Waals surface area contributed by atoms with Crippen LogP contribution in [0.5, 0.6) is 0 Å². The molecule has 0 radical (unpaired) electrons. The monoisotopic (exact) mass is 516 g/mol. The number of aryl methyl sites for hydroxylation is 1. The van der Waals surface area contributed by atoms with Gasteiger partial charge in [0.15, 0.2) is 5.65 Å². The summed E-state index contributed by atoms with van der Waals surface area (Å²) in [4.78, 5) is 33.9. The largest absolute Gasteiger partial charge is 0.365 e. The van der Waals surface area contributed by atoms with E-state index in [4.69, 9.17) is 10.7 Å². The van der Waals surface area contributed by atoms with Crippen molar-refractivity contribution in [2.45, 2.75) is 51.1 Å². The van der Waals surface area contributed by atoms with Gasteiger partial charge in [-0.1, -0.05) is 13.5 Å². The number of piperidine rings is 2. The van der Waals surface area contributed by atoms with Crippen LogP contribution in [-0.2, 0) is 11.2 Å². The highest BCUT2D eigenvalue weighted by Crippen LogP contribution is 2.26. The number of likely N-dealkylation sites (tertiary alicyclic amines) is 1. The molecule has 10 heteroatoms. The Morgan fingerprint density at radius 1 is 1.16 bits per heavy atom. The maximum absolute atomic E-state index is 13.3. The molecule has 0 saturated carbocycles. The third kappa shape index (κ3) is 5.50. The number of amides is 2. The molecule has 10 nitrogen and oxygen atoms in total. The van der Waals surface area contributed by atoms with Crippen LogP contribution in [0.2, 0.25) is 0 Å². The standard InChI is InChI=1S/C28H36N8O2/c1-3-19-16-30-36-25(15-24(33-27(19)36)34-13-5-7-21(29)17-34)31-23-8-6-14-35(18-23)28(38)20-9-11-22(12-10-20)32-26(37)4-2/h4,9-12,15-16,21,23,31H,2-3,5-8,13-14,17-18,29H2,1H3,(H,32,37). The minimum absolute atomic E-state index is 0.0201. The molecule has 2 aliphatic heterocycles. The molecule has 38 heavy (non-hydrogen) atoms. The normalized spacial score (nSPS) is 19.8. The number of nitrogens with one attached hydrogen (secondary N) is 2. The first-order chi connectivity index (χ1) is 18.4. The Balaban J connectivity index is 1.33. The Labute approximate surface area is 222 Å². The van der Waals surface area contributed by atoms with Gasteiger partial charge < -0.3 is 26.2 Å². The molecule has 3 aromatic rings. The van der Waals surface area contributed by atoms with Gasteiger partial charge in [0.2, 0.25) is 5.91 Å². The fraction of sp³-hybridized carbons (Fsp3) is 0.429. The van der Waals surface area contributed by atoms with Crippen LogP contribution in [-0.4, -0.2) is 69.6 Å². The van der Waals surface area contributed by atoms with Crippen molar-refractivity contribution >= 4 is 34.8 Å². The van der Waals surface area contributed by atoms with Crippen LogP contribution in [0.3, 0.4) is 0 Å². The van der Waals surface area contributed by atoms with E-state index < -0.39 is 0 Å². The van der Waals surface area contributed by atoms with Crippen LogP contribution >= 0.6 is 0 Å². The van der Waals surface area contributed by atoms with Crippen molar-refractivity contribution in [2.24, 2.45) is 5.73 Å². The zero-order chi connectivity index (χ0) is 26.6. The lowest BCUT2D eigenvalue weighted by Crippen LogP contribution is -2.45. The van der Waals surface area contributed by atoms with E-state index in [1.165, 1.54) is 6.08 Å². The highest BCUT2D eigenvalue weighted by atomic mass is 16.2. The number of aromatic nitrogens is 3. The Morgan fingerprint density at radius 3 is 2.68 bits per heavy atom. The molecule has 2 saturated heterocycles. The van der Waals surface area contributed by atoms with Crippen LogP contribution in [0.15, 0.2) is 49.2 Å². The van der Waals surface area contributed by atoms with Gasteiger partial charge in [-0.15, -0.1) is 0 Å². The predicted molar refractivity (Wildman–Crippen MR) is 150 cm³/mol. The first-order valence-corrected chi connectivity index (χ1v) is 13.4. The van der Waals surface area contributed by atoms with Crippen LogP contribution in [0.25, 0.3) is 5.65 Å². The van der Waals surface area contributed by atoms with E-state index in [-0.39, 0.29) is 23.9 Å². The Hall–Kier alpha value is -3.92. The maximum atomic E-state index is 13.3. The van der Waals surface area contributed by atoms with Crippen molar-refractivity contribution in [1.29, 1.82) is 0 Å². The van der Waals surface area contributed by atoms with Crippen LogP contribution in [0.1, 0.15) is 48.5 Å². The summed E-state index contributed by atoms with van der Waals surface area (Å²) in [7, 11) is 0. The molecule has 2 aliphatic rings. The molecule has 200 valence electrons. The fourth-order valence-corrected chi connectivity index (χ4v) is 5.29. The molecule has 2 atom stereocenters. The minimum atomic E-state index is -0.284. The second kappa shape index (κ2) is 11.2. The molecule has 2 unspecified atom stereocenters. The summed E-state index contributed by atoms with van der Waals surface area (Å²) >= 11 is 0. The summed E-state index contributed by atoms with van der Waals surface area (Å²) in [6.07, 6.45) is 7.89. The van der Waals surface area contributed by atoms with Gasteiger partial charge >= 0.3 is 0 Å². The molecule has 0 aliphatic carbocycles. The molecule has 2 amide bonds. The third-order valence-corrected chi connectivity index (χ3v) is 7.34. The zero-order valence-electron chi connectivity index (χ0n) is 21.9. The summed E-state index contributed by atoms with van der Waals surface area (Å²) in [6, 6.07) is 9.26. The third-order valence-electron chi connectivity index (χ3n) is 7.34. The number of carbonyl (C=O) groups excluding carboxylic acids is 2. The number of fused-ring (bicyclic) bond motifs is 1. The maximum Gasteiger partial charge on any atom is 0.253 e. The summed E-state index contributed by atoms with van der Waals surface area (Å²) < 4.78 is 1.88. The van der Waals surface area contributed by atoms with Crippen molar-refractivity contribution in [1.82, 2.24) is 19.5 Å². The molecular formula is C28H36N8O2. The highest BCUT2D eigenvalue weighted by molar-refractivity contribution is 5.99. The lowest BCUT2D eigenvalue weighted by Gasteiger charge is -2.34. The Morgan fingerprint density at radius 2 is 1.95 bits per heavy atom. The molecule has 4 N–H and O–H groups in total. The van der Waals surface area contributed by atoms with Gasteiger partial charge in [0.25, 0.3) is 5.91 Å². The number of anilines is 3. The number of hydrogen-bond donors (Lipinski definition) is 3. The van der Waals surface area contributed by atoms with E-state index in [2.05, 4.69) is 40.2 Å². The molecule has 0 spiro atoms. The average molecular weight is 517 g/mol. The predicted octanol–water partition coefficient (Wildman–Crippen LogP) is 3.06. The van der Waals surface area contributed by atoms with E-state index in [1.54, 1.807) is 24.3 Å². The van der Waals surface area contributed by atoms with Gasteiger partial charge in [-0.05, 0) is 62.4 Å². The number of nitrogens with zero attached hydrogens (tertiary/aromatic N) is 5. The molecule has 2 fully saturated rings. The lowest BCUT2D eigenvalue weighted by atomic mass is 10.0. The van der Waals surface area contributed by atoms with Gasteiger partial charge in [-0.3, -0.25) is 9.59 Å². The quantitative estimate of drug-likeness (QED) is 0.413. The van der Waals surface area contributed by atoms with Gasteiger partial charge in [0, 0.05) is 61.1 Å². The molecule has 5 rings (SSSR count). The van der Waals surface area contributed by atoms with Gasteiger partial charge in [0.1, 0.15) is 11.6 Å². The molecule has 0 bridgehead atoms. The van der Waals surface area contributed by atoms with Crippen LogP contribution < -0.4 is 21.3 Å². The van der Waals surface area contributed by atoms with E-state index in [0.717, 1.165) is 68.0 Å². The van der Waals surface area contributed by atoms with Crippen molar-refractivity contribution < 1.29 is 9.59 Å². The SMILES string of the molecule is C=CC(=O)Nc1ccc(C(=O)N2CCCC(Nc3cc(N4CCCC(N)C4)nc4c(CC)cnn34)C2)cc1. The van der Waals surface area contributed by atoms with Gasteiger partial charge in [0.05, 0.1) is 6.20 Å². The summed E-state index contributed by atoms with van der Waals surface area (Å²) in [6.45, 7) is 8.59. The first-order valence-electron chi connectivity index (χ1n) is 13.4. The number of nitrogens with two attached hydrogens (primary N) is 1. The van der Waals surface area contributed by atoms with Crippen molar-refractivity contribution in [2.75, 3.05) is 41.7 Å². The number of benzene rings is 1. The fourth-order valence-electron chi connectivity index (χ4n) is 5.29.